The second kappa shape index (κ2) is 6.72. The molecule has 0 aliphatic carbocycles. The molecule has 2 saturated heterocycles. The number of hydrogen-bond donors (Lipinski definition) is 1. The summed E-state index contributed by atoms with van der Waals surface area (Å²) in [4.78, 5) is 20.8. The largest absolute Gasteiger partial charge is 0.379 e. The molecule has 0 radical (unpaired) electrons. The molecular weight excluding hydrogens is 288 g/mol. The number of likely N-dealkylation sites (tertiary alicyclic amines) is 1. The minimum Gasteiger partial charge on any atom is -0.379 e. The molecule has 21 heavy (non-hydrogen) atoms. The van der Waals surface area contributed by atoms with E-state index in [2.05, 4.69) is 15.2 Å². The van der Waals surface area contributed by atoms with Crippen molar-refractivity contribution in [3.63, 3.8) is 0 Å². The van der Waals surface area contributed by atoms with Crippen molar-refractivity contribution in [1.82, 2.24) is 14.8 Å². The van der Waals surface area contributed by atoms with Crippen molar-refractivity contribution in [3.05, 3.63) is 11.1 Å². The lowest BCUT2D eigenvalue weighted by Gasteiger charge is -2.29. The zero-order valence-electron chi connectivity index (χ0n) is 12.4. The number of amides is 2. The summed E-state index contributed by atoms with van der Waals surface area (Å²) in [6, 6.07) is -0.0196. The number of carbonyl (C=O) groups is 1. The first-order valence-electron chi connectivity index (χ1n) is 7.49. The Balaban J connectivity index is 1.46. The van der Waals surface area contributed by atoms with Gasteiger partial charge in [-0.15, -0.1) is 11.3 Å². The molecule has 0 saturated carbocycles. The normalized spacial score (nSPS) is 23.5. The molecule has 1 aromatic heterocycles. The van der Waals surface area contributed by atoms with Crippen LogP contribution in [0.1, 0.15) is 12.1 Å². The van der Waals surface area contributed by atoms with Crippen molar-refractivity contribution in [3.8, 4) is 0 Å². The molecule has 0 bridgehead atoms. The van der Waals surface area contributed by atoms with Gasteiger partial charge >= 0.3 is 6.03 Å². The predicted molar refractivity (Wildman–Crippen MR) is 82.8 cm³/mol. The number of ether oxygens (including phenoxy) is 1. The number of morpholine rings is 1. The molecule has 0 unspecified atom stereocenters. The van der Waals surface area contributed by atoms with E-state index < -0.39 is 0 Å². The van der Waals surface area contributed by atoms with Gasteiger partial charge in [0.2, 0.25) is 0 Å². The smallest absolute Gasteiger partial charge is 0.323 e. The fourth-order valence-electron chi connectivity index (χ4n) is 2.90. The van der Waals surface area contributed by atoms with Crippen LogP contribution in [-0.2, 0) is 4.74 Å². The van der Waals surface area contributed by atoms with Gasteiger partial charge in [0, 0.05) is 38.1 Å². The van der Waals surface area contributed by atoms with E-state index in [-0.39, 0.29) is 6.03 Å². The third kappa shape index (κ3) is 3.93. The van der Waals surface area contributed by atoms with E-state index in [9.17, 15) is 4.79 Å². The molecule has 3 heterocycles. The average molecular weight is 310 g/mol. The predicted octanol–water partition coefficient (Wildman–Crippen LogP) is 1.64. The fraction of sp³-hybridized carbons (Fsp3) is 0.714. The van der Waals surface area contributed by atoms with Gasteiger partial charge < -0.3 is 9.64 Å². The molecule has 3 rings (SSSR count). The maximum absolute atomic E-state index is 12.2. The Hall–Kier alpha value is -1.18. The molecule has 2 fully saturated rings. The number of urea groups is 1. The number of aromatic nitrogens is 1. The molecule has 1 N–H and O–H groups in total. The summed E-state index contributed by atoms with van der Waals surface area (Å²) in [7, 11) is 0. The number of rotatable bonds is 3. The van der Waals surface area contributed by atoms with Gasteiger partial charge in [-0.05, 0) is 19.3 Å². The molecule has 2 aliphatic rings. The van der Waals surface area contributed by atoms with Crippen molar-refractivity contribution in [2.24, 2.45) is 5.92 Å². The molecule has 0 aromatic carbocycles. The Morgan fingerprint density at radius 1 is 1.48 bits per heavy atom. The standard InChI is InChI=1S/C14H22N4O2S/c1-11-10-21-13(15-11)16-14(19)18-3-2-12(9-18)8-17-4-6-20-7-5-17/h10,12H,2-9H2,1H3,(H,15,16,19)/t12-/m0/s1. The quantitative estimate of drug-likeness (QED) is 0.922. The van der Waals surface area contributed by atoms with E-state index in [0.29, 0.717) is 11.0 Å². The number of aryl methyl sites for hydroxylation is 1. The van der Waals surface area contributed by atoms with Gasteiger partial charge in [0.25, 0.3) is 0 Å². The lowest BCUT2D eigenvalue weighted by molar-refractivity contribution is 0.0314. The minimum atomic E-state index is -0.0196. The molecular formula is C14H22N4O2S. The van der Waals surface area contributed by atoms with Crippen LogP contribution in [0.15, 0.2) is 5.38 Å². The van der Waals surface area contributed by atoms with E-state index >= 15 is 0 Å². The highest BCUT2D eigenvalue weighted by atomic mass is 32.1. The topological polar surface area (TPSA) is 57.7 Å². The number of nitrogens with zero attached hydrogens (tertiary/aromatic N) is 3. The van der Waals surface area contributed by atoms with Gasteiger partial charge in [-0.25, -0.2) is 9.78 Å². The third-order valence-electron chi connectivity index (χ3n) is 4.03. The van der Waals surface area contributed by atoms with Gasteiger partial charge in [0.05, 0.1) is 18.9 Å². The number of hydrogen-bond acceptors (Lipinski definition) is 5. The first kappa shape index (κ1) is 14.7. The minimum absolute atomic E-state index is 0.0196. The molecule has 1 aromatic rings. The zero-order chi connectivity index (χ0) is 14.7. The lowest BCUT2D eigenvalue weighted by Crippen LogP contribution is -2.40. The third-order valence-corrected chi connectivity index (χ3v) is 4.90. The zero-order valence-corrected chi connectivity index (χ0v) is 13.2. The summed E-state index contributed by atoms with van der Waals surface area (Å²) in [6.45, 7) is 8.38. The second-order valence-electron chi connectivity index (χ2n) is 5.74. The van der Waals surface area contributed by atoms with Gasteiger partial charge in [0.1, 0.15) is 0 Å². The maximum Gasteiger partial charge on any atom is 0.323 e. The Labute approximate surface area is 129 Å². The Morgan fingerprint density at radius 3 is 3.00 bits per heavy atom. The van der Waals surface area contributed by atoms with E-state index in [4.69, 9.17) is 4.74 Å². The highest BCUT2D eigenvalue weighted by Crippen LogP contribution is 2.20. The Kier molecular flexibility index (Phi) is 4.72. The summed E-state index contributed by atoms with van der Waals surface area (Å²) < 4.78 is 5.37. The first-order valence-corrected chi connectivity index (χ1v) is 8.37. The summed E-state index contributed by atoms with van der Waals surface area (Å²) in [6.07, 6.45) is 1.08. The molecule has 0 spiro atoms. The van der Waals surface area contributed by atoms with Crippen LogP contribution >= 0.6 is 11.3 Å². The van der Waals surface area contributed by atoms with Crippen LogP contribution in [0.2, 0.25) is 0 Å². The molecule has 2 aliphatic heterocycles. The summed E-state index contributed by atoms with van der Waals surface area (Å²) in [5.41, 5.74) is 0.946. The van der Waals surface area contributed by atoms with Crippen LogP contribution in [-0.4, -0.2) is 66.8 Å². The fourth-order valence-corrected chi connectivity index (χ4v) is 3.57. The summed E-state index contributed by atoms with van der Waals surface area (Å²) in [5.74, 6) is 0.576. The van der Waals surface area contributed by atoms with Crippen LogP contribution in [0.25, 0.3) is 0 Å². The van der Waals surface area contributed by atoms with Crippen molar-refractivity contribution in [1.29, 1.82) is 0 Å². The Morgan fingerprint density at radius 2 is 2.29 bits per heavy atom. The van der Waals surface area contributed by atoms with Crippen LogP contribution in [0, 0.1) is 12.8 Å². The van der Waals surface area contributed by atoms with Gasteiger partial charge in [-0.3, -0.25) is 10.2 Å². The average Bonchev–Trinajstić information content (AvgIpc) is 3.09. The van der Waals surface area contributed by atoms with E-state index in [1.807, 2.05) is 17.2 Å². The Bertz CT molecular complexity index is 487. The highest BCUT2D eigenvalue weighted by molar-refractivity contribution is 7.13. The SMILES string of the molecule is Cc1csc(NC(=O)N2CC[C@@H](CN3CCOCC3)C2)n1. The maximum atomic E-state index is 12.2. The number of carbonyl (C=O) groups excluding carboxylic acids is 1. The second-order valence-corrected chi connectivity index (χ2v) is 6.60. The van der Waals surface area contributed by atoms with Crippen LogP contribution in [0.4, 0.5) is 9.93 Å². The van der Waals surface area contributed by atoms with E-state index in [1.165, 1.54) is 11.3 Å². The number of anilines is 1. The van der Waals surface area contributed by atoms with Gasteiger partial charge in [-0.1, -0.05) is 0 Å². The van der Waals surface area contributed by atoms with Crippen molar-refractivity contribution in [2.45, 2.75) is 13.3 Å². The van der Waals surface area contributed by atoms with Gasteiger partial charge in [-0.2, -0.15) is 0 Å². The number of nitrogens with one attached hydrogen (secondary N) is 1. The molecule has 7 heteroatoms. The first-order chi connectivity index (χ1) is 10.2. The van der Waals surface area contributed by atoms with Gasteiger partial charge in [0.15, 0.2) is 5.13 Å². The highest BCUT2D eigenvalue weighted by Gasteiger charge is 2.28. The monoisotopic (exact) mass is 310 g/mol. The summed E-state index contributed by atoms with van der Waals surface area (Å²) in [5, 5.41) is 5.52. The van der Waals surface area contributed by atoms with E-state index in [0.717, 1.165) is 58.1 Å². The summed E-state index contributed by atoms with van der Waals surface area (Å²) >= 11 is 1.47. The molecule has 116 valence electrons. The van der Waals surface area contributed by atoms with Crippen molar-refractivity contribution in [2.75, 3.05) is 51.3 Å². The van der Waals surface area contributed by atoms with Crippen LogP contribution < -0.4 is 5.32 Å². The van der Waals surface area contributed by atoms with Crippen molar-refractivity contribution < 1.29 is 9.53 Å². The van der Waals surface area contributed by atoms with Crippen LogP contribution in [0.3, 0.4) is 0 Å². The molecule has 6 nitrogen and oxygen atoms in total. The molecule has 2 amide bonds. The lowest BCUT2D eigenvalue weighted by atomic mass is 10.1. The number of thiazole rings is 1. The van der Waals surface area contributed by atoms with Crippen molar-refractivity contribution >= 4 is 22.5 Å². The van der Waals surface area contributed by atoms with E-state index in [1.54, 1.807) is 0 Å². The van der Waals surface area contributed by atoms with Crippen LogP contribution in [0.5, 0.6) is 0 Å². The molecule has 1 atom stereocenters.